The van der Waals surface area contributed by atoms with Gasteiger partial charge in [0.15, 0.2) is 9.84 Å². The van der Waals surface area contributed by atoms with Crippen molar-refractivity contribution in [1.29, 1.82) is 0 Å². The molecule has 6 nitrogen and oxygen atoms in total. The van der Waals surface area contributed by atoms with E-state index in [1.807, 2.05) is 60.7 Å². The molecule has 0 unspecified atom stereocenters. The summed E-state index contributed by atoms with van der Waals surface area (Å²) >= 11 is 0. The molecule has 3 rings (SSSR count). The van der Waals surface area contributed by atoms with Gasteiger partial charge in [0.1, 0.15) is 0 Å². The molecule has 1 atom stereocenters. The van der Waals surface area contributed by atoms with Crippen LogP contribution in [-0.2, 0) is 32.5 Å². The van der Waals surface area contributed by atoms with E-state index in [1.54, 1.807) is 7.05 Å². The van der Waals surface area contributed by atoms with E-state index in [1.165, 1.54) is 28.0 Å². The van der Waals surface area contributed by atoms with Gasteiger partial charge >= 0.3 is 0 Å². The van der Waals surface area contributed by atoms with Crippen LogP contribution in [-0.4, -0.2) is 48.9 Å². The summed E-state index contributed by atoms with van der Waals surface area (Å²) in [7, 11) is -1.65. The summed E-state index contributed by atoms with van der Waals surface area (Å²) in [5.74, 6) is -0.866. The number of carbonyl (C=O) groups excluding carboxylic acids is 2. The highest BCUT2D eigenvalue weighted by Crippen LogP contribution is 2.18. The van der Waals surface area contributed by atoms with Crippen LogP contribution in [0.3, 0.4) is 0 Å². The third-order valence-electron chi connectivity index (χ3n) is 4.80. The van der Waals surface area contributed by atoms with Gasteiger partial charge in [-0.25, -0.2) is 8.42 Å². The number of rotatable bonds is 7. The molecule has 2 amide bonds. The molecule has 0 spiro atoms. The molecule has 0 aromatic heterocycles. The van der Waals surface area contributed by atoms with Crippen LogP contribution in [0, 0.1) is 0 Å². The van der Waals surface area contributed by atoms with E-state index in [9.17, 15) is 18.0 Å². The largest absolute Gasteiger partial charge is 0.338 e. The zero-order valence-corrected chi connectivity index (χ0v) is 17.5. The first kappa shape index (κ1) is 21.5. The van der Waals surface area contributed by atoms with Gasteiger partial charge in [0.2, 0.25) is 11.8 Å². The topological polar surface area (TPSA) is 74.8 Å². The second kappa shape index (κ2) is 9.54. The van der Waals surface area contributed by atoms with E-state index in [0.717, 1.165) is 16.5 Å². The summed E-state index contributed by atoms with van der Waals surface area (Å²) in [6.45, 7) is 0.679. The number of likely N-dealkylation sites (N-methyl/N-ethyl adjacent to an activating group) is 1. The molecular weight excluding hydrogens is 400 g/mol. The maximum absolute atomic E-state index is 12.9. The van der Waals surface area contributed by atoms with Crippen LogP contribution in [0.4, 0.5) is 0 Å². The van der Waals surface area contributed by atoms with Crippen molar-refractivity contribution in [3.8, 4) is 0 Å². The first-order valence-corrected chi connectivity index (χ1v) is 11.3. The van der Waals surface area contributed by atoms with Gasteiger partial charge < -0.3 is 9.80 Å². The Balaban J connectivity index is 1.70. The van der Waals surface area contributed by atoms with E-state index in [4.69, 9.17) is 0 Å². The Kier molecular flexibility index (Phi) is 6.84. The molecular formula is C23H24N2O4S. The minimum Gasteiger partial charge on any atom is -0.338 e. The van der Waals surface area contributed by atoms with Gasteiger partial charge in [0.05, 0.1) is 11.8 Å². The van der Waals surface area contributed by atoms with Crippen molar-refractivity contribution < 1.29 is 18.0 Å². The van der Waals surface area contributed by atoms with Gasteiger partial charge in [-0.05, 0) is 17.2 Å². The first-order chi connectivity index (χ1) is 14.3. The lowest BCUT2D eigenvalue weighted by Gasteiger charge is -2.26. The molecule has 1 aliphatic heterocycles. The molecule has 30 heavy (non-hydrogen) atoms. The zero-order chi connectivity index (χ0) is 21.6. The highest BCUT2D eigenvalue weighted by molar-refractivity contribution is 7.94. The van der Waals surface area contributed by atoms with Crippen LogP contribution < -0.4 is 0 Å². The summed E-state index contributed by atoms with van der Waals surface area (Å²) in [5.41, 5.74) is 1.87. The fraction of sp³-hybridized carbons (Fsp3) is 0.217. The first-order valence-electron chi connectivity index (χ1n) is 9.57. The standard InChI is InChI=1S/C23H24N2O4S/c1-24(16-19-8-4-2-5-9-19)22(26)12-13-23(27)25(17-20-10-6-3-7-11-20)21-14-15-30(28,29)18-21/h2-15,21H,16-18H2,1H3/b13-12+/t21-/m0/s1. The maximum Gasteiger partial charge on any atom is 0.247 e. The summed E-state index contributed by atoms with van der Waals surface area (Å²) < 4.78 is 23.7. The van der Waals surface area contributed by atoms with E-state index < -0.39 is 21.8 Å². The van der Waals surface area contributed by atoms with Crippen molar-refractivity contribution in [1.82, 2.24) is 9.80 Å². The van der Waals surface area contributed by atoms with Gasteiger partial charge in [-0.15, -0.1) is 0 Å². The minimum atomic E-state index is -3.32. The Hall–Kier alpha value is -3.19. The van der Waals surface area contributed by atoms with Gasteiger partial charge in [-0.1, -0.05) is 60.7 Å². The van der Waals surface area contributed by atoms with Gasteiger partial charge in [-0.2, -0.15) is 0 Å². The molecule has 0 fully saturated rings. The third-order valence-corrected chi connectivity index (χ3v) is 6.18. The number of hydrogen-bond acceptors (Lipinski definition) is 4. The van der Waals surface area contributed by atoms with E-state index in [2.05, 4.69) is 0 Å². The lowest BCUT2D eigenvalue weighted by atomic mass is 10.1. The van der Waals surface area contributed by atoms with Crippen LogP contribution in [0.2, 0.25) is 0 Å². The van der Waals surface area contributed by atoms with E-state index in [0.29, 0.717) is 6.54 Å². The van der Waals surface area contributed by atoms with Gasteiger partial charge in [-0.3, -0.25) is 9.59 Å². The molecule has 0 bridgehead atoms. The molecule has 156 valence electrons. The van der Waals surface area contributed by atoms with Gasteiger partial charge in [0, 0.05) is 37.7 Å². The lowest BCUT2D eigenvalue weighted by Crippen LogP contribution is -2.39. The summed E-state index contributed by atoms with van der Waals surface area (Å²) in [6.07, 6.45) is 3.97. The van der Waals surface area contributed by atoms with Crippen LogP contribution in [0.1, 0.15) is 11.1 Å². The highest BCUT2D eigenvalue weighted by atomic mass is 32.2. The van der Waals surface area contributed by atoms with Gasteiger partial charge in [0.25, 0.3) is 0 Å². The zero-order valence-electron chi connectivity index (χ0n) is 16.7. The molecule has 7 heteroatoms. The Bertz CT molecular complexity index is 1050. The normalized spacial score (nSPS) is 17.2. The Labute approximate surface area is 177 Å². The van der Waals surface area contributed by atoms with E-state index >= 15 is 0 Å². The number of benzene rings is 2. The quantitative estimate of drug-likeness (QED) is 0.640. The molecule has 0 saturated carbocycles. The Morgan fingerprint density at radius 2 is 1.43 bits per heavy atom. The van der Waals surface area contributed by atoms with Crippen molar-refractivity contribution in [2.45, 2.75) is 19.1 Å². The highest BCUT2D eigenvalue weighted by Gasteiger charge is 2.29. The molecule has 0 aliphatic carbocycles. The molecule has 1 aliphatic rings. The average molecular weight is 425 g/mol. The van der Waals surface area contributed by atoms with Crippen molar-refractivity contribution in [2.24, 2.45) is 0 Å². The smallest absolute Gasteiger partial charge is 0.247 e. The predicted octanol–water partition coefficient (Wildman–Crippen LogP) is 2.54. The fourth-order valence-corrected chi connectivity index (χ4v) is 4.49. The van der Waals surface area contributed by atoms with Crippen LogP contribution in [0.25, 0.3) is 0 Å². The number of nitrogens with zero attached hydrogens (tertiary/aromatic N) is 2. The second-order valence-electron chi connectivity index (χ2n) is 7.19. The van der Waals surface area contributed by atoms with Crippen LogP contribution >= 0.6 is 0 Å². The lowest BCUT2D eigenvalue weighted by molar-refractivity contribution is -0.129. The fourth-order valence-electron chi connectivity index (χ4n) is 3.19. The van der Waals surface area contributed by atoms with Crippen LogP contribution in [0.15, 0.2) is 84.3 Å². The second-order valence-corrected chi connectivity index (χ2v) is 9.12. The molecule has 2 aromatic carbocycles. The Morgan fingerprint density at radius 3 is 1.97 bits per heavy atom. The maximum atomic E-state index is 12.9. The monoisotopic (exact) mass is 424 g/mol. The SMILES string of the molecule is CN(Cc1ccccc1)C(=O)/C=C/C(=O)N(Cc1ccccc1)[C@H]1C=CS(=O)(=O)C1. The molecule has 1 heterocycles. The molecule has 0 radical (unpaired) electrons. The van der Waals surface area contributed by atoms with Crippen molar-refractivity contribution >= 4 is 21.7 Å². The summed E-state index contributed by atoms with van der Waals surface area (Å²) in [4.78, 5) is 28.3. The number of hydrogen-bond donors (Lipinski definition) is 0. The number of sulfone groups is 1. The summed E-state index contributed by atoms with van der Waals surface area (Å²) in [6, 6.07) is 18.3. The molecule has 2 aromatic rings. The van der Waals surface area contributed by atoms with E-state index in [-0.39, 0.29) is 18.2 Å². The van der Waals surface area contributed by atoms with Crippen molar-refractivity contribution in [2.75, 3.05) is 12.8 Å². The molecule has 0 N–H and O–H groups in total. The Morgan fingerprint density at radius 1 is 0.900 bits per heavy atom. The molecule has 0 saturated heterocycles. The average Bonchev–Trinajstić information content (AvgIpc) is 3.10. The number of carbonyl (C=O) groups is 2. The third kappa shape index (κ3) is 5.90. The summed E-state index contributed by atoms with van der Waals surface area (Å²) in [5, 5.41) is 1.14. The number of amides is 2. The van der Waals surface area contributed by atoms with Crippen molar-refractivity contribution in [3.05, 3.63) is 95.4 Å². The van der Waals surface area contributed by atoms with Crippen LogP contribution in [0.5, 0.6) is 0 Å². The predicted molar refractivity (Wildman–Crippen MR) is 116 cm³/mol. The minimum absolute atomic E-state index is 0.152. The van der Waals surface area contributed by atoms with Crippen molar-refractivity contribution in [3.63, 3.8) is 0 Å².